The van der Waals surface area contributed by atoms with Crippen molar-refractivity contribution in [3.63, 3.8) is 0 Å². The largest absolute Gasteiger partial charge is 0.459 e. The standard InChI is InChI=1S/C16H21FN2O3/c1-3-12(20)6-7-18-16(21)19-9-15-10(2)13-8-11(17)4-5-14(13)22-15/h4-5,8,12,20H,3,6-7,9H2,1-2H3,(H2,18,19,21). The van der Waals surface area contributed by atoms with E-state index in [1.54, 1.807) is 6.07 Å². The average Bonchev–Trinajstić information content (AvgIpc) is 2.81. The van der Waals surface area contributed by atoms with E-state index in [1.807, 2.05) is 13.8 Å². The summed E-state index contributed by atoms with van der Waals surface area (Å²) < 4.78 is 18.8. The maximum absolute atomic E-state index is 13.2. The minimum Gasteiger partial charge on any atom is -0.459 e. The first-order valence-corrected chi connectivity index (χ1v) is 7.38. The Morgan fingerprint density at radius 1 is 1.41 bits per heavy atom. The molecule has 1 atom stereocenters. The van der Waals surface area contributed by atoms with Gasteiger partial charge in [0.2, 0.25) is 0 Å². The molecule has 0 saturated carbocycles. The smallest absolute Gasteiger partial charge is 0.315 e. The van der Waals surface area contributed by atoms with Crippen molar-refractivity contribution in [2.75, 3.05) is 6.54 Å². The Labute approximate surface area is 128 Å². The van der Waals surface area contributed by atoms with Crippen LogP contribution in [0.15, 0.2) is 22.6 Å². The number of carbonyl (C=O) groups excluding carboxylic acids is 1. The summed E-state index contributed by atoms with van der Waals surface area (Å²) in [5.74, 6) is 0.285. The van der Waals surface area contributed by atoms with Gasteiger partial charge in [0.25, 0.3) is 0 Å². The molecule has 0 aliphatic rings. The van der Waals surface area contributed by atoms with Crippen molar-refractivity contribution >= 4 is 17.0 Å². The number of rotatable bonds is 6. The molecule has 1 aromatic heterocycles. The lowest BCUT2D eigenvalue weighted by Crippen LogP contribution is -2.36. The molecule has 1 heterocycles. The number of fused-ring (bicyclic) bond motifs is 1. The molecule has 0 bridgehead atoms. The second-order valence-electron chi connectivity index (χ2n) is 5.25. The lowest BCUT2D eigenvalue weighted by Gasteiger charge is -2.09. The normalized spacial score (nSPS) is 12.4. The minimum atomic E-state index is -0.396. The Morgan fingerprint density at radius 2 is 2.18 bits per heavy atom. The molecule has 5 nitrogen and oxygen atoms in total. The SMILES string of the molecule is CCC(O)CCNC(=O)NCc1oc2ccc(F)cc2c1C. The lowest BCUT2D eigenvalue weighted by atomic mass is 10.1. The van der Waals surface area contributed by atoms with Crippen molar-refractivity contribution in [2.45, 2.75) is 39.3 Å². The van der Waals surface area contributed by atoms with Crippen LogP contribution in [-0.4, -0.2) is 23.8 Å². The Kier molecular flexibility index (Phi) is 5.38. The molecular formula is C16H21FN2O3. The first-order chi connectivity index (χ1) is 10.5. The van der Waals surface area contributed by atoms with Gasteiger partial charge in [-0.15, -0.1) is 0 Å². The maximum atomic E-state index is 13.2. The van der Waals surface area contributed by atoms with Gasteiger partial charge in [-0.1, -0.05) is 6.92 Å². The summed E-state index contributed by atoms with van der Waals surface area (Å²) in [4.78, 5) is 11.7. The molecule has 0 aliphatic carbocycles. The number of halogens is 1. The van der Waals surface area contributed by atoms with E-state index in [2.05, 4.69) is 10.6 Å². The number of hydrogen-bond acceptors (Lipinski definition) is 3. The summed E-state index contributed by atoms with van der Waals surface area (Å²) in [5.41, 5.74) is 1.42. The van der Waals surface area contributed by atoms with Crippen molar-refractivity contribution in [2.24, 2.45) is 0 Å². The third-order valence-corrected chi connectivity index (χ3v) is 3.64. The minimum absolute atomic E-state index is 0.226. The van der Waals surface area contributed by atoms with Crippen molar-refractivity contribution in [1.29, 1.82) is 0 Å². The number of carbonyl (C=O) groups is 1. The summed E-state index contributed by atoms with van der Waals surface area (Å²) in [7, 11) is 0. The molecule has 120 valence electrons. The Morgan fingerprint density at radius 3 is 2.91 bits per heavy atom. The number of hydrogen-bond donors (Lipinski definition) is 3. The van der Waals surface area contributed by atoms with Crippen LogP contribution in [0.2, 0.25) is 0 Å². The van der Waals surface area contributed by atoms with Gasteiger partial charge in [0.15, 0.2) is 0 Å². The summed E-state index contributed by atoms with van der Waals surface area (Å²) in [5, 5.41) is 15.5. The van der Waals surface area contributed by atoms with Crippen molar-refractivity contribution < 1.29 is 18.7 Å². The zero-order chi connectivity index (χ0) is 16.1. The van der Waals surface area contributed by atoms with Crippen LogP contribution < -0.4 is 10.6 Å². The molecular weight excluding hydrogens is 287 g/mol. The van der Waals surface area contributed by atoms with Crippen LogP contribution in [0.5, 0.6) is 0 Å². The van der Waals surface area contributed by atoms with Gasteiger partial charge in [0.1, 0.15) is 17.2 Å². The van der Waals surface area contributed by atoms with Crippen molar-refractivity contribution in [3.05, 3.63) is 35.3 Å². The predicted octanol–water partition coefficient (Wildman–Crippen LogP) is 2.84. The van der Waals surface area contributed by atoms with E-state index >= 15 is 0 Å². The van der Waals surface area contributed by atoms with Crippen LogP contribution in [0.3, 0.4) is 0 Å². The second-order valence-corrected chi connectivity index (χ2v) is 5.25. The van der Waals surface area contributed by atoms with E-state index in [0.717, 1.165) is 5.56 Å². The summed E-state index contributed by atoms with van der Waals surface area (Å²) in [6.45, 7) is 4.35. The molecule has 0 radical (unpaired) electrons. The fraction of sp³-hybridized carbons (Fsp3) is 0.438. The molecule has 0 aliphatic heterocycles. The monoisotopic (exact) mass is 308 g/mol. The Bertz CT molecular complexity index is 654. The molecule has 1 unspecified atom stereocenters. The van der Waals surface area contributed by atoms with Crippen LogP contribution in [0, 0.1) is 12.7 Å². The van der Waals surface area contributed by atoms with Gasteiger partial charge in [-0.2, -0.15) is 0 Å². The van der Waals surface area contributed by atoms with Crippen LogP contribution in [0.25, 0.3) is 11.0 Å². The maximum Gasteiger partial charge on any atom is 0.315 e. The van der Waals surface area contributed by atoms with Crippen LogP contribution >= 0.6 is 0 Å². The van der Waals surface area contributed by atoms with E-state index in [1.165, 1.54) is 12.1 Å². The van der Waals surface area contributed by atoms with Crippen molar-refractivity contribution in [1.82, 2.24) is 10.6 Å². The number of amides is 2. The summed E-state index contributed by atoms with van der Waals surface area (Å²) in [6.07, 6.45) is 0.790. The quantitative estimate of drug-likeness (QED) is 0.768. The molecule has 2 amide bonds. The molecule has 2 rings (SSSR count). The summed E-state index contributed by atoms with van der Waals surface area (Å²) >= 11 is 0. The predicted molar refractivity (Wildman–Crippen MR) is 82.1 cm³/mol. The molecule has 0 fully saturated rings. The van der Waals surface area contributed by atoms with Gasteiger partial charge >= 0.3 is 6.03 Å². The van der Waals surface area contributed by atoms with Gasteiger partial charge < -0.3 is 20.2 Å². The van der Waals surface area contributed by atoms with E-state index in [4.69, 9.17) is 4.42 Å². The molecule has 1 aromatic carbocycles. The molecule has 0 saturated heterocycles. The number of furan rings is 1. The van der Waals surface area contributed by atoms with Gasteiger partial charge in [0.05, 0.1) is 12.6 Å². The third-order valence-electron chi connectivity index (χ3n) is 3.64. The highest BCUT2D eigenvalue weighted by Gasteiger charge is 2.12. The van der Waals surface area contributed by atoms with E-state index in [-0.39, 0.29) is 18.4 Å². The van der Waals surface area contributed by atoms with E-state index in [9.17, 15) is 14.3 Å². The topological polar surface area (TPSA) is 74.5 Å². The first-order valence-electron chi connectivity index (χ1n) is 7.38. The molecule has 0 spiro atoms. The van der Waals surface area contributed by atoms with E-state index < -0.39 is 6.10 Å². The van der Waals surface area contributed by atoms with Gasteiger partial charge in [-0.3, -0.25) is 0 Å². The fourth-order valence-electron chi connectivity index (χ4n) is 2.19. The number of aliphatic hydroxyl groups is 1. The lowest BCUT2D eigenvalue weighted by molar-refractivity contribution is 0.160. The fourth-order valence-corrected chi connectivity index (χ4v) is 2.19. The average molecular weight is 308 g/mol. The van der Waals surface area contributed by atoms with Gasteiger partial charge in [0, 0.05) is 17.5 Å². The van der Waals surface area contributed by atoms with Gasteiger partial charge in [-0.05, 0) is 38.0 Å². The van der Waals surface area contributed by atoms with E-state index in [0.29, 0.717) is 36.1 Å². The summed E-state index contributed by atoms with van der Waals surface area (Å²) in [6, 6.07) is 4.01. The number of nitrogens with one attached hydrogen (secondary N) is 2. The highest BCUT2D eigenvalue weighted by atomic mass is 19.1. The highest BCUT2D eigenvalue weighted by Crippen LogP contribution is 2.25. The van der Waals surface area contributed by atoms with Crippen LogP contribution in [0.1, 0.15) is 31.1 Å². The molecule has 6 heteroatoms. The molecule has 22 heavy (non-hydrogen) atoms. The number of aryl methyl sites for hydroxylation is 1. The first kappa shape index (κ1) is 16.3. The Hall–Kier alpha value is -2.08. The third kappa shape index (κ3) is 3.98. The van der Waals surface area contributed by atoms with Crippen molar-refractivity contribution in [3.8, 4) is 0 Å². The molecule has 3 N–H and O–H groups in total. The number of urea groups is 1. The van der Waals surface area contributed by atoms with Crippen LogP contribution in [-0.2, 0) is 6.54 Å². The van der Waals surface area contributed by atoms with Gasteiger partial charge in [-0.25, -0.2) is 9.18 Å². The Balaban J connectivity index is 1.89. The highest BCUT2D eigenvalue weighted by molar-refractivity contribution is 5.82. The number of aliphatic hydroxyl groups excluding tert-OH is 1. The van der Waals surface area contributed by atoms with Crippen LogP contribution in [0.4, 0.5) is 9.18 Å². The zero-order valence-corrected chi connectivity index (χ0v) is 12.8. The molecule has 2 aromatic rings. The zero-order valence-electron chi connectivity index (χ0n) is 12.8. The second kappa shape index (κ2) is 7.26. The number of benzene rings is 1.